The molecule has 2 aromatic rings. The Labute approximate surface area is 123 Å². The highest BCUT2D eigenvalue weighted by molar-refractivity contribution is 7.18. The van der Waals surface area contributed by atoms with Crippen molar-refractivity contribution >= 4 is 52.0 Å². The Hall–Kier alpha value is -1.43. The van der Waals surface area contributed by atoms with Gasteiger partial charge >= 0.3 is 0 Å². The molecule has 0 saturated heterocycles. The number of hydrogen-bond donors (Lipinski definition) is 1. The van der Waals surface area contributed by atoms with Gasteiger partial charge in [0.15, 0.2) is 5.78 Å². The summed E-state index contributed by atoms with van der Waals surface area (Å²) in [7, 11) is 0. The van der Waals surface area contributed by atoms with Gasteiger partial charge in [-0.05, 0) is 29.7 Å². The average molecular weight is 312 g/mol. The lowest BCUT2D eigenvalue weighted by molar-refractivity contribution is -0.116. The van der Waals surface area contributed by atoms with Gasteiger partial charge in [-0.1, -0.05) is 17.7 Å². The van der Waals surface area contributed by atoms with Crippen molar-refractivity contribution in [2.45, 2.75) is 0 Å². The molecule has 2 aromatic heterocycles. The van der Waals surface area contributed by atoms with Crippen LogP contribution in [0.4, 0.5) is 0 Å². The molecule has 2 rings (SSSR count). The van der Waals surface area contributed by atoms with Gasteiger partial charge in [0.05, 0.1) is 15.8 Å². The maximum absolute atomic E-state index is 11.7. The predicted octanol–water partition coefficient (Wildman–Crippen LogP) is 3.48. The molecule has 0 unspecified atom stereocenters. The van der Waals surface area contributed by atoms with Crippen LogP contribution >= 0.6 is 34.3 Å². The second-order valence-corrected chi connectivity index (χ2v) is 6.29. The third-order valence-corrected chi connectivity index (χ3v) is 4.32. The normalized spacial score (nSPS) is 10.8. The maximum Gasteiger partial charge on any atom is 0.244 e. The predicted molar refractivity (Wildman–Crippen MR) is 80.0 cm³/mol. The lowest BCUT2D eigenvalue weighted by atomic mass is 10.3. The summed E-state index contributed by atoms with van der Waals surface area (Å²) in [5.41, 5.74) is 0. The van der Waals surface area contributed by atoms with Crippen LogP contribution in [0.25, 0.3) is 6.08 Å². The van der Waals surface area contributed by atoms with Gasteiger partial charge in [0, 0.05) is 11.0 Å². The standard InChI is InChI=1S/C13H10ClNO2S2/c14-12-5-4-11(19-12)10(16)8-15-13(17)6-3-9-2-1-7-18-9/h1-7H,8H2,(H,15,17)/b6-3+. The summed E-state index contributed by atoms with van der Waals surface area (Å²) in [6.07, 6.45) is 3.13. The first-order chi connectivity index (χ1) is 9.15. The number of nitrogens with one attached hydrogen (secondary N) is 1. The van der Waals surface area contributed by atoms with E-state index in [0.29, 0.717) is 9.21 Å². The van der Waals surface area contributed by atoms with Gasteiger partial charge in [0.2, 0.25) is 5.91 Å². The molecular weight excluding hydrogens is 302 g/mol. The number of Topliss-reactive ketones (excluding diaryl/α,β-unsaturated/α-hetero) is 1. The minimum Gasteiger partial charge on any atom is -0.345 e. The smallest absolute Gasteiger partial charge is 0.244 e. The number of halogens is 1. The molecule has 2 heterocycles. The molecule has 3 nitrogen and oxygen atoms in total. The number of carbonyl (C=O) groups is 2. The van der Waals surface area contributed by atoms with Crippen molar-refractivity contribution in [2.24, 2.45) is 0 Å². The molecule has 1 amide bonds. The second-order valence-electron chi connectivity index (χ2n) is 3.59. The van der Waals surface area contributed by atoms with Crippen molar-refractivity contribution in [3.63, 3.8) is 0 Å². The van der Waals surface area contributed by atoms with Crippen LogP contribution in [0.2, 0.25) is 4.34 Å². The fraction of sp³-hybridized carbons (Fsp3) is 0.0769. The minimum absolute atomic E-state index is 0.0234. The van der Waals surface area contributed by atoms with Crippen LogP contribution in [0, 0.1) is 0 Å². The van der Waals surface area contributed by atoms with E-state index in [1.54, 1.807) is 29.5 Å². The lowest BCUT2D eigenvalue weighted by Gasteiger charge is -1.99. The number of ketones is 1. The van der Waals surface area contributed by atoms with Crippen molar-refractivity contribution in [1.82, 2.24) is 5.32 Å². The third-order valence-electron chi connectivity index (χ3n) is 2.21. The highest BCUT2D eigenvalue weighted by atomic mass is 35.5. The summed E-state index contributed by atoms with van der Waals surface area (Å²) >= 11 is 8.49. The van der Waals surface area contributed by atoms with Gasteiger partial charge in [-0.15, -0.1) is 22.7 Å². The number of hydrogen-bond acceptors (Lipinski definition) is 4. The summed E-state index contributed by atoms with van der Waals surface area (Å²) in [6.45, 7) is -0.0234. The van der Waals surface area contributed by atoms with Gasteiger partial charge in [-0.25, -0.2) is 0 Å². The van der Waals surface area contributed by atoms with Crippen LogP contribution in [-0.4, -0.2) is 18.2 Å². The second kappa shape index (κ2) is 6.65. The van der Waals surface area contributed by atoms with Gasteiger partial charge in [-0.2, -0.15) is 0 Å². The maximum atomic E-state index is 11.7. The van der Waals surface area contributed by atoms with Crippen molar-refractivity contribution in [3.05, 3.63) is 49.8 Å². The van der Waals surface area contributed by atoms with E-state index in [0.717, 1.165) is 4.88 Å². The SMILES string of the molecule is O=C(/C=C/c1cccs1)NCC(=O)c1ccc(Cl)s1. The number of carbonyl (C=O) groups excluding carboxylic acids is 2. The highest BCUT2D eigenvalue weighted by Crippen LogP contribution is 2.21. The summed E-state index contributed by atoms with van der Waals surface area (Å²) in [4.78, 5) is 24.8. The van der Waals surface area contributed by atoms with Crippen molar-refractivity contribution in [1.29, 1.82) is 0 Å². The fourth-order valence-corrected chi connectivity index (χ4v) is 2.92. The molecular formula is C13H10ClNO2S2. The Morgan fingerprint density at radius 1 is 1.32 bits per heavy atom. The fourth-order valence-electron chi connectivity index (χ4n) is 1.32. The quantitative estimate of drug-likeness (QED) is 0.679. The monoisotopic (exact) mass is 311 g/mol. The Morgan fingerprint density at radius 3 is 2.79 bits per heavy atom. The van der Waals surface area contributed by atoms with Gasteiger partial charge in [0.25, 0.3) is 0 Å². The zero-order chi connectivity index (χ0) is 13.7. The molecule has 0 aromatic carbocycles. The summed E-state index contributed by atoms with van der Waals surface area (Å²) in [5, 5.41) is 4.48. The lowest BCUT2D eigenvalue weighted by Crippen LogP contribution is -2.27. The van der Waals surface area contributed by atoms with E-state index in [-0.39, 0.29) is 18.2 Å². The molecule has 98 valence electrons. The molecule has 6 heteroatoms. The van der Waals surface area contributed by atoms with Crippen LogP contribution < -0.4 is 5.32 Å². The number of thiophene rings is 2. The molecule has 1 N–H and O–H groups in total. The zero-order valence-corrected chi connectivity index (χ0v) is 12.1. The Bertz CT molecular complexity index is 602. The highest BCUT2D eigenvalue weighted by Gasteiger charge is 2.09. The molecule has 0 fully saturated rings. The minimum atomic E-state index is -0.288. The van der Waals surface area contributed by atoms with Crippen molar-refractivity contribution < 1.29 is 9.59 Å². The van der Waals surface area contributed by atoms with Crippen LogP contribution in [-0.2, 0) is 4.79 Å². The van der Waals surface area contributed by atoms with E-state index >= 15 is 0 Å². The molecule has 0 radical (unpaired) electrons. The van der Waals surface area contributed by atoms with E-state index in [2.05, 4.69) is 5.32 Å². The zero-order valence-electron chi connectivity index (χ0n) is 9.76. The van der Waals surface area contributed by atoms with E-state index in [1.165, 1.54) is 17.4 Å². The topological polar surface area (TPSA) is 46.2 Å². The van der Waals surface area contributed by atoms with Gasteiger partial charge < -0.3 is 5.32 Å². The summed E-state index contributed by atoms with van der Waals surface area (Å²) < 4.78 is 0.562. The van der Waals surface area contributed by atoms with Crippen LogP contribution in [0.3, 0.4) is 0 Å². The van der Waals surface area contributed by atoms with Crippen molar-refractivity contribution in [3.8, 4) is 0 Å². The Kier molecular flexibility index (Phi) is 4.90. The van der Waals surface area contributed by atoms with Crippen LogP contribution in [0.1, 0.15) is 14.5 Å². The summed E-state index contributed by atoms with van der Waals surface area (Å²) in [5.74, 6) is -0.431. The van der Waals surface area contributed by atoms with Gasteiger partial charge in [-0.3, -0.25) is 9.59 Å². The van der Waals surface area contributed by atoms with Crippen LogP contribution in [0.15, 0.2) is 35.7 Å². The molecule has 19 heavy (non-hydrogen) atoms. The Morgan fingerprint density at radius 2 is 2.16 bits per heavy atom. The van der Waals surface area contributed by atoms with E-state index < -0.39 is 0 Å². The molecule has 0 saturated carbocycles. The van der Waals surface area contributed by atoms with Crippen LogP contribution in [0.5, 0.6) is 0 Å². The molecule has 0 bridgehead atoms. The summed E-state index contributed by atoms with van der Waals surface area (Å²) in [6, 6.07) is 7.14. The molecule has 0 aliphatic rings. The number of rotatable bonds is 5. The third kappa shape index (κ3) is 4.31. The molecule has 0 aliphatic heterocycles. The molecule has 0 aliphatic carbocycles. The van der Waals surface area contributed by atoms with E-state index in [4.69, 9.17) is 11.6 Å². The van der Waals surface area contributed by atoms with E-state index in [1.807, 2.05) is 17.5 Å². The Balaban J connectivity index is 1.82. The van der Waals surface area contributed by atoms with Gasteiger partial charge in [0.1, 0.15) is 0 Å². The first kappa shape index (κ1) is 14.0. The molecule has 0 atom stereocenters. The van der Waals surface area contributed by atoms with Crippen molar-refractivity contribution in [2.75, 3.05) is 6.54 Å². The average Bonchev–Trinajstić information content (AvgIpc) is 3.04. The molecule has 0 spiro atoms. The first-order valence-electron chi connectivity index (χ1n) is 5.43. The number of amides is 1. The first-order valence-corrected chi connectivity index (χ1v) is 7.50. The van der Waals surface area contributed by atoms with E-state index in [9.17, 15) is 9.59 Å². The largest absolute Gasteiger partial charge is 0.345 e.